The SMILES string of the molecule is NC(=O)COC(=O)[C@@H]1C[C@H](O)CN1S(=O)(=O)c1ccc(Cl)cc1. The maximum absolute atomic E-state index is 12.6. The van der Waals surface area contributed by atoms with Gasteiger partial charge in [-0.1, -0.05) is 11.6 Å². The zero-order valence-electron chi connectivity index (χ0n) is 11.9. The third-order valence-corrected chi connectivity index (χ3v) is 5.42. The molecular weight excluding hydrogens is 348 g/mol. The van der Waals surface area contributed by atoms with Crippen LogP contribution in [0.4, 0.5) is 0 Å². The number of carbonyl (C=O) groups is 2. The predicted octanol–water partition coefficient (Wildman–Crippen LogP) is -0.508. The van der Waals surface area contributed by atoms with Crippen LogP contribution in [0.5, 0.6) is 0 Å². The summed E-state index contributed by atoms with van der Waals surface area (Å²) in [6.07, 6.45) is -1.13. The summed E-state index contributed by atoms with van der Waals surface area (Å²) in [5.74, 6) is -1.79. The van der Waals surface area contributed by atoms with Crippen molar-refractivity contribution in [2.24, 2.45) is 5.73 Å². The van der Waals surface area contributed by atoms with Gasteiger partial charge in [-0.2, -0.15) is 4.31 Å². The van der Waals surface area contributed by atoms with E-state index in [-0.39, 0.29) is 17.9 Å². The minimum atomic E-state index is -4.02. The molecule has 0 unspecified atom stereocenters. The van der Waals surface area contributed by atoms with Gasteiger partial charge in [0.25, 0.3) is 5.91 Å². The van der Waals surface area contributed by atoms with Crippen molar-refractivity contribution in [2.45, 2.75) is 23.5 Å². The number of sulfonamides is 1. The number of hydrogen-bond donors (Lipinski definition) is 2. The van der Waals surface area contributed by atoms with Crippen LogP contribution in [0.2, 0.25) is 5.02 Å². The number of nitrogens with zero attached hydrogens (tertiary/aromatic N) is 1. The van der Waals surface area contributed by atoms with Crippen LogP contribution in [-0.2, 0) is 24.3 Å². The lowest BCUT2D eigenvalue weighted by Gasteiger charge is -2.22. The molecule has 126 valence electrons. The highest BCUT2D eigenvalue weighted by Crippen LogP contribution is 2.27. The molecule has 1 aliphatic rings. The number of nitrogens with two attached hydrogens (primary N) is 1. The topological polar surface area (TPSA) is 127 Å². The first-order valence-corrected chi connectivity index (χ1v) is 8.44. The molecule has 1 aromatic carbocycles. The number of benzene rings is 1. The van der Waals surface area contributed by atoms with Crippen LogP contribution < -0.4 is 5.73 Å². The van der Waals surface area contributed by atoms with Gasteiger partial charge in [-0.25, -0.2) is 8.42 Å². The Balaban J connectivity index is 2.25. The summed E-state index contributed by atoms with van der Waals surface area (Å²) < 4.78 is 30.7. The van der Waals surface area contributed by atoms with Crippen molar-refractivity contribution in [3.05, 3.63) is 29.3 Å². The van der Waals surface area contributed by atoms with Gasteiger partial charge in [0.15, 0.2) is 6.61 Å². The monoisotopic (exact) mass is 362 g/mol. The molecule has 0 aromatic heterocycles. The van der Waals surface area contributed by atoms with Gasteiger partial charge < -0.3 is 15.6 Å². The fourth-order valence-corrected chi connectivity index (χ4v) is 4.00. The summed E-state index contributed by atoms with van der Waals surface area (Å²) in [6, 6.07) is 4.19. The molecule has 2 atom stereocenters. The van der Waals surface area contributed by atoms with E-state index in [0.29, 0.717) is 5.02 Å². The van der Waals surface area contributed by atoms with E-state index in [1.54, 1.807) is 0 Å². The molecule has 0 aliphatic carbocycles. The Kier molecular flexibility index (Phi) is 5.25. The molecule has 1 fully saturated rings. The van der Waals surface area contributed by atoms with Gasteiger partial charge >= 0.3 is 5.97 Å². The van der Waals surface area contributed by atoms with Gasteiger partial charge in [0.05, 0.1) is 11.0 Å². The van der Waals surface area contributed by atoms with E-state index in [4.69, 9.17) is 17.3 Å². The fraction of sp³-hybridized carbons (Fsp3) is 0.385. The first kappa shape index (κ1) is 17.7. The van der Waals surface area contributed by atoms with Crippen molar-refractivity contribution < 1.29 is 27.9 Å². The number of ether oxygens (including phenoxy) is 1. The van der Waals surface area contributed by atoms with Crippen molar-refractivity contribution in [1.82, 2.24) is 4.31 Å². The zero-order chi connectivity index (χ0) is 17.2. The minimum absolute atomic E-state index is 0.0660. The average molecular weight is 363 g/mol. The number of halogens is 1. The van der Waals surface area contributed by atoms with Crippen molar-refractivity contribution in [1.29, 1.82) is 0 Å². The van der Waals surface area contributed by atoms with E-state index in [0.717, 1.165) is 4.31 Å². The molecule has 2 rings (SSSR count). The number of β-amino-alcohol motifs (C(OH)–C–C–N with tert-alkyl or cyclic N) is 1. The van der Waals surface area contributed by atoms with E-state index in [2.05, 4.69) is 4.74 Å². The summed E-state index contributed by atoms with van der Waals surface area (Å²) in [5, 5.41) is 10.1. The van der Waals surface area contributed by atoms with Crippen LogP contribution in [0.1, 0.15) is 6.42 Å². The molecule has 0 radical (unpaired) electrons. The van der Waals surface area contributed by atoms with E-state index >= 15 is 0 Å². The molecule has 3 N–H and O–H groups in total. The van der Waals surface area contributed by atoms with Crippen LogP contribution in [0.25, 0.3) is 0 Å². The Hall–Kier alpha value is -1.68. The normalized spacial score (nSPS) is 22.0. The molecule has 1 saturated heterocycles. The second-order valence-electron chi connectivity index (χ2n) is 5.01. The molecule has 0 saturated carbocycles. The van der Waals surface area contributed by atoms with E-state index < -0.39 is 40.7 Å². The number of aliphatic hydroxyl groups is 1. The summed E-state index contributed by atoms with van der Waals surface area (Å²) in [6.45, 7) is -0.901. The van der Waals surface area contributed by atoms with Crippen molar-refractivity contribution >= 4 is 33.5 Å². The van der Waals surface area contributed by atoms with Gasteiger partial charge in [-0.05, 0) is 24.3 Å². The maximum Gasteiger partial charge on any atom is 0.325 e. The second kappa shape index (κ2) is 6.83. The lowest BCUT2D eigenvalue weighted by molar-refractivity contribution is -0.151. The molecule has 0 bridgehead atoms. The second-order valence-corrected chi connectivity index (χ2v) is 7.33. The maximum atomic E-state index is 12.6. The third-order valence-electron chi connectivity index (χ3n) is 3.28. The quantitative estimate of drug-likeness (QED) is 0.679. The Bertz CT molecular complexity index is 706. The smallest absolute Gasteiger partial charge is 0.325 e. The molecule has 23 heavy (non-hydrogen) atoms. The molecule has 1 aliphatic heterocycles. The van der Waals surface area contributed by atoms with Crippen LogP contribution in [-0.4, -0.2) is 55.0 Å². The number of carbonyl (C=O) groups excluding carboxylic acids is 2. The highest BCUT2D eigenvalue weighted by Gasteiger charge is 2.44. The minimum Gasteiger partial charge on any atom is -0.454 e. The summed E-state index contributed by atoms with van der Waals surface area (Å²) in [7, 11) is -4.02. The lowest BCUT2D eigenvalue weighted by atomic mass is 10.2. The number of amides is 1. The highest BCUT2D eigenvalue weighted by molar-refractivity contribution is 7.89. The summed E-state index contributed by atoms with van der Waals surface area (Å²) >= 11 is 5.73. The van der Waals surface area contributed by atoms with Crippen molar-refractivity contribution in [3.63, 3.8) is 0 Å². The molecule has 1 heterocycles. The standard InChI is InChI=1S/C13H15ClN2O6S/c14-8-1-3-10(4-2-8)23(20,21)16-6-9(17)5-11(16)13(19)22-7-12(15)18/h1-4,9,11,17H,5-7H2,(H2,15,18)/t9-,11-/m0/s1. The molecular formula is C13H15ClN2O6S. The van der Waals surface area contributed by atoms with E-state index in [1.165, 1.54) is 24.3 Å². The molecule has 8 nitrogen and oxygen atoms in total. The number of rotatable bonds is 5. The molecule has 10 heteroatoms. The first-order valence-electron chi connectivity index (χ1n) is 6.62. The van der Waals surface area contributed by atoms with E-state index in [1.807, 2.05) is 0 Å². The first-order chi connectivity index (χ1) is 10.7. The van der Waals surface area contributed by atoms with Crippen LogP contribution in [0.3, 0.4) is 0 Å². The van der Waals surface area contributed by atoms with E-state index in [9.17, 15) is 23.1 Å². The Morgan fingerprint density at radius 3 is 2.52 bits per heavy atom. The van der Waals surface area contributed by atoms with Crippen molar-refractivity contribution in [3.8, 4) is 0 Å². The summed E-state index contributed by atoms with van der Waals surface area (Å²) in [5.41, 5.74) is 4.88. The number of esters is 1. The fourth-order valence-electron chi connectivity index (χ4n) is 2.24. The molecule has 0 spiro atoms. The van der Waals surface area contributed by atoms with Gasteiger partial charge in [-0.3, -0.25) is 9.59 Å². The molecule has 1 amide bonds. The number of hydrogen-bond acceptors (Lipinski definition) is 6. The average Bonchev–Trinajstić information content (AvgIpc) is 2.88. The third kappa shape index (κ3) is 3.99. The highest BCUT2D eigenvalue weighted by atomic mass is 35.5. The Morgan fingerprint density at radius 2 is 1.96 bits per heavy atom. The van der Waals surface area contributed by atoms with Crippen LogP contribution in [0.15, 0.2) is 29.2 Å². The van der Waals surface area contributed by atoms with Gasteiger partial charge in [-0.15, -0.1) is 0 Å². The Labute approximate surface area is 137 Å². The van der Waals surface area contributed by atoms with Crippen LogP contribution >= 0.6 is 11.6 Å². The Morgan fingerprint density at radius 1 is 1.35 bits per heavy atom. The van der Waals surface area contributed by atoms with Crippen molar-refractivity contribution in [2.75, 3.05) is 13.2 Å². The number of aliphatic hydroxyl groups excluding tert-OH is 1. The van der Waals surface area contributed by atoms with Crippen LogP contribution in [0, 0.1) is 0 Å². The van der Waals surface area contributed by atoms with Gasteiger partial charge in [0, 0.05) is 18.0 Å². The molecule has 1 aromatic rings. The van der Waals surface area contributed by atoms with Gasteiger partial charge in [0.1, 0.15) is 6.04 Å². The van der Waals surface area contributed by atoms with Gasteiger partial charge in [0.2, 0.25) is 10.0 Å². The predicted molar refractivity (Wildman–Crippen MR) is 79.9 cm³/mol. The zero-order valence-corrected chi connectivity index (χ0v) is 13.5. The lowest BCUT2D eigenvalue weighted by Crippen LogP contribution is -2.42. The summed E-state index contributed by atoms with van der Waals surface area (Å²) in [4.78, 5) is 22.6. The largest absolute Gasteiger partial charge is 0.454 e. The number of primary amides is 1.